The molecule has 0 bridgehead atoms. The average molecular weight is 497 g/mol. The molecule has 1 N–H and O–H groups in total. The van der Waals surface area contributed by atoms with E-state index >= 15 is 0 Å². The molecule has 0 fully saturated rings. The molecule has 0 aliphatic carbocycles. The van der Waals surface area contributed by atoms with Crippen molar-refractivity contribution in [3.63, 3.8) is 0 Å². The largest absolute Gasteiger partial charge is 0.493 e. The number of ether oxygens (including phenoxy) is 2. The monoisotopic (exact) mass is 496 g/mol. The van der Waals surface area contributed by atoms with Gasteiger partial charge in [0.1, 0.15) is 6.54 Å². The minimum absolute atomic E-state index is 0.0998. The average Bonchev–Trinajstić information content (AvgIpc) is 2.86. The van der Waals surface area contributed by atoms with Crippen LogP contribution in [0.4, 0.5) is 5.69 Å². The van der Waals surface area contributed by atoms with E-state index in [9.17, 15) is 13.2 Å². The first-order valence-electron chi connectivity index (χ1n) is 11.4. The molecule has 0 heterocycles. The second-order valence-electron chi connectivity index (χ2n) is 8.36. The molecule has 0 saturated carbocycles. The van der Waals surface area contributed by atoms with Crippen molar-refractivity contribution in [3.8, 4) is 11.5 Å². The summed E-state index contributed by atoms with van der Waals surface area (Å²) in [6.45, 7) is 3.42. The van der Waals surface area contributed by atoms with E-state index < -0.39 is 15.9 Å². The van der Waals surface area contributed by atoms with E-state index in [0.717, 1.165) is 22.7 Å². The number of methoxy groups -OCH3 is 2. The van der Waals surface area contributed by atoms with Crippen molar-refractivity contribution in [1.29, 1.82) is 0 Å². The smallest absolute Gasteiger partial charge is 0.264 e. The number of hydrogen-bond donors (Lipinski definition) is 1. The number of carbonyl (C=O) groups excluding carboxylic acids is 1. The van der Waals surface area contributed by atoms with Crippen LogP contribution in [0.2, 0.25) is 0 Å². The fourth-order valence-corrected chi connectivity index (χ4v) is 5.10. The number of benzene rings is 3. The second-order valence-corrected chi connectivity index (χ2v) is 10.2. The Morgan fingerprint density at radius 1 is 0.943 bits per heavy atom. The van der Waals surface area contributed by atoms with Gasteiger partial charge in [0.15, 0.2) is 11.5 Å². The van der Waals surface area contributed by atoms with Crippen LogP contribution in [0.25, 0.3) is 0 Å². The Morgan fingerprint density at radius 3 is 2.23 bits per heavy atom. The molecule has 0 radical (unpaired) electrons. The van der Waals surface area contributed by atoms with E-state index in [1.807, 2.05) is 44.2 Å². The van der Waals surface area contributed by atoms with Crippen LogP contribution >= 0.6 is 0 Å². The highest BCUT2D eigenvalue weighted by Gasteiger charge is 2.28. The second kappa shape index (κ2) is 11.8. The van der Waals surface area contributed by atoms with E-state index in [2.05, 4.69) is 5.32 Å². The zero-order valence-electron chi connectivity index (χ0n) is 20.5. The van der Waals surface area contributed by atoms with Gasteiger partial charge in [-0.1, -0.05) is 48.0 Å². The summed E-state index contributed by atoms with van der Waals surface area (Å²) < 4.78 is 38.9. The first-order chi connectivity index (χ1) is 16.7. The summed E-state index contributed by atoms with van der Waals surface area (Å²) >= 11 is 0. The lowest BCUT2D eigenvalue weighted by atomic mass is 10.1. The van der Waals surface area contributed by atoms with E-state index in [-0.39, 0.29) is 17.5 Å². The topological polar surface area (TPSA) is 84.9 Å². The van der Waals surface area contributed by atoms with E-state index in [1.165, 1.54) is 19.8 Å². The fraction of sp³-hybridized carbons (Fsp3) is 0.296. The van der Waals surface area contributed by atoms with Crippen LogP contribution in [0, 0.1) is 6.92 Å². The van der Waals surface area contributed by atoms with Crippen LogP contribution in [0.3, 0.4) is 0 Å². The molecule has 7 nitrogen and oxygen atoms in total. The molecule has 35 heavy (non-hydrogen) atoms. The summed E-state index contributed by atoms with van der Waals surface area (Å²) in [5.74, 6) is 0.435. The van der Waals surface area contributed by atoms with Gasteiger partial charge in [-0.2, -0.15) is 0 Å². The third-order valence-electron chi connectivity index (χ3n) is 5.67. The van der Waals surface area contributed by atoms with Crippen molar-refractivity contribution in [2.45, 2.75) is 37.6 Å². The number of aryl methyl sites for hydroxylation is 2. The fourth-order valence-electron chi connectivity index (χ4n) is 3.68. The van der Waals surface area contributed by atoms with Gasteiger partial charge in [-0.15, -0.1) is 0 Å². The maximum absolute atomic E-state index is 13.6. The summed E-state index contributed by atoms with van der Waals surface area (Å²) in [7, 11) is -1.05. The molecular formula is C27H32N2O5S. The predicted molar refractivity (Wildman–Crippen MR) is 138 cm³/mol. The molecule has 1 amide bonds. The Kier molecular flexibility index (Phi) is 8.76. The lowest BCUT2D eigenvalue weighted by Crippen LogP contribution is -2.43. The Hall–Kier alpha value is -3.52. The first-order valence-corrected chi connectivity index (χ1v) is 12.8. The molecular weight excluding hydrogens is 464 g/mol. The number of sulfonamides is 1. The lowest BCUT2D eigenvalue weighted by molar-refractivity contribution is -0.120. The molecule has 1 atom stereocenters. The number of carbonyl (C=O) groups is 1. The SMILES string of the molecule is COc1ccc(N(CC(=O)N[C@@H](C)CCc2ccccc2)S(=O)(=O)c2ccc(C)cc2)cc1OC. The minimum atomic E-state index is -4.03. The molecule has 3 aromatic rings. The zero-order chi connectivity index (χ0) is 25.4. The molecule has 0 aliphatic heterocycles. The molecule has 0 aliphatic rings. The number of anilines is 1. The number of nitrogens with zero attached hydrogens (tertiary/aromatic N) is 1. The van der Waals surface area contributed by atoms with Gasteiger partial charge < -0.3 is 14.8 Å². The molecule has 0 spiro atoms. The number of amides is 1. The van der Waals surface area contributed by atoms with E-state index in [4.69, 9.17) is 9.47 Å². The molecule has 0 saturated heterocycles. The Balaban J connectivity index is 1.84. The van der Waals surface area contributed by atoms with Crippen LogP contribution in [0.15, 0.2) is 77.7 Å². The van der Waals surface area contributed by atoms with Gasteiger partial charge in [0.25, 0.3) is 10.0 Å². The van der Waals surface area contributed by atoms with Crippen molar-refractivity contribution in [2.75, 3.05) is 25.1 Å². The number of nitrogens with one attached hydrogen (secondary N) is 1. The van der Waals surface area contributed by atoms with Crippen molar-refractivity contribution in [2.24, 2.45) is 0 Å². The van der Waals surface area contributed by atoms with Crippen LogP contribution < -0.4 is 19.1 Å². The number of hydrogen-bond acceptors (Lipinski definition) is 5. The van der Waals surface area contributed by atoms with E-state index in [1.54, 1.807) is 42.5 Å². The van der Waals surface area contributed by atoms with Crippen LogP contribution in [0.1, 0.15) is 24.5 Å². The molecule has 186 valence electrons. The highest BCUT2D eigenvalue weighted by molar-refractivity contribution is 7.92. The van der Waals surface area contributed by atoms with Crippen molar-refractivity contribution >= 4 is 21.6 Å². The summed E-state index contributed by atoms with van der Waals surface area (Å²) in [5.41, 5.74) is 2.42. The molecule has 3 rings (SSSR count). The van der Waals surface area contributed by atoms with Crippen LogP contribution in [-0.2, 0) is 21.2 Å². The zero-order valence-corrected chi connectivity index (χ0v) is 21.3. The van der Waals surface area contributed by atoms with Crippen LogP contribution in [-0.4, -0.2) is 41.1 Å². The quantitative estimate of drug-likeness (QED) is 0.427. The summed E-state index contributed by atoms with van der Waals surface area (Å²) in [6.07, 6.45) is 1.54. The molecule has 8 heteroatoms. The minimum Gasteiger partial charge on any atom is -0.493 e. The third kappa shape index (κ3) is 6.76. The highest BCUT2D eigenvalue weighted by atomic mass is 32.2. The van der Waals surface area contributed by atoms with Crippen molar-refractivity contribution in [1.82, 2.24) is 5.32 Å². The Morgan fingerprint density at radius 2 is 1.60 bits per heavy atom. The molecule has 0 unspecified atom stereocenters. The van der Waals surface area contributed by atoms with Crippen LogP contribution in [0.5, 0.6) is 11.5 Å². The number of rotatable bonds is 11. The van der Waals surface area contributed by atoms with Gasteiger partial charge in [-0.3, -0.25) is 9.10 Å². The van der Waals surface area contributed by atoms with Gasteiger partial charge in [-0.05, 0) is 56.5 Å². The maximum atomic E-state index is 13.6. The summed E-state index contributed by atoms with van der Waals surface area (Å²) in [6, 6.07) is 21.2. The molecule has 0 aromatic heterocycles. The van der Waals surface area contributed by atoms with Gasteiger partial charge in [0.2, 0.25) is 5.91 Å². The summed E-state index contributed by atoms with van der Waals surface area (Å²) in [5, 5.41) is 2.93. The van der Waals surface area contributed by atoms with Crippen molar-refractivity contribution in [3.05, 3.63) is 83.9 Å². The third-order valence-corrected chi connectivity index (χ3v) is 7.46. The first kappa shape index (κ1) is 26.1. The normalized spacial score (nSPS) is 12.0. The predicted octanol–water partition coefficient (Wildman–Crippen LogP) is 4.35. The Bertz CT molecular complexity index is 1230. The van der Waals surface area contributed by atoms with Gasteiger partial charge >= 0.3 is 0 Å². The maximum Gasteiger partial charge on any atom is 0.264 e. The Labute approximate surface area is 207 Å². The standard InChI is InChI=1S/C27H32N2O5S/c1-20-10-15-24(16-11-20)35(31,32)29(23-14-17-25(33-3)26(18-23)34-4)19-27(30)28-21(2)12-13-22-8-6-5-7-9-22/h5-11,14-18,21H,12-13,19H2,1-4H3,(H,28,30)/t21-/m0/s1. The van der Waals surface area contributed by atoms with Gasteiger partial charge in [0.05, 0.1) is 24.8 Å². The molecule has 3 aromatic carbocycles. The lowest BCUT2D eigenvalue weighted by Gasteiger charge is -2.26. The van der Waals surface area contributed by atoms with Gasteiger partial charge in [-0.25, -0.2) is 8.42 Å². The summed E-state index contributed by atoms with van der Waals surface area (Å²) in [4.78, 5) is 13.1. The van der Waals surface area contributed by atoms with Gasteiger partial charge in [0, 0.05) is 12.1 Å². The van der Waals surface area contributed by atoms with Crippen molar-refractivity contribution < 1.29 is 22.7 Å². The highest BCUT2D eigenvalue weighted by Crippen LogP contribution is 2.33. The van der Waals surface area contributed by atoms with E-state index in [0.29, 0.717) is 17.2 Å².